The van der Waals surface area contributed by atoms with Crippen molar-refractivity contribution in [2.45, 2.75) is 244 Å². The van der Waals surface area contributed by atoms with Crippen LogP contribution in [0.15, 0.2) is 0 Å². The molecule has 90 heavy (non-hydrogen) atoms. The standard InChI is InChI=1S/C64H106O26/c65-39-13-15-41-79-53(67)27-1-3-29-55(69)81-43-17-19-45-83-57(71)31-5-7-33-59(73)85-47-21-23-49-87-61(75)35-9-11-37-63(77)89-51-25-26-52-90-64(78)38-12-10-36-62(76)88-50-24-22-48-86-60(74)34-8-6-32-58(72)84-46-20-18-44-82-56(70)30-4-2-28-54(68)80-42-16-14-40-66/h65-66H,1-52H2. The van der Waals surface area contributed by atoms with Crippen LogP contribution in [-0.2, 0) is 114 Å². The number of carbonyl (C=O) groups excluding carboxylic acids is 12. The topological polar surface area (TPSA) is 356 Å². The van der Waals surface area contributed by atoms with Gasteiger partial charge in [-0.1, -0.05) is 0 Å². The number of hydrogen-bond acceptors (Lipinski definition) is 26. The van der Waals surface area contributed by atoms with Gasteiger partial charge in [-0.2, -0.15) is 0 Å². The number of aliphatic hydroxyl groups excluding tert-OH is 2. The zero-order valence-corrected chi connectivity index (χ0v) is 53.5. The lowest BCUT2D eigenvalue weighted by Gasteiger charge is -2.08. The van der Waals surface area contributed by atoms with Crippen molar-refractivity contribution in [1.29, 1.82) is 0 Å². The van der Waals surface area contributed by atoms with E-state index >= 15 is 0 Å². The predicted octanol–water partition coefficient (Wildman–Crippen LogP) is 8.31. The van der Waals surface area contributed by atoms with E-state index in [1.54, 1.807) is 0 Å². The van der Waals surface area contributed by atoms with Crippen molar-refractivity contribution in [3.05, 3.63) is 0 Å². The minimum atomic E-state index is -0.392. The highest BCUT2D eigenvalue weighted by molar-refractivity contribution is 5.74. The first kappa shape index (κ1) is 83.6. The number of unbranched alkanes of at least 4 members (excludes halogenated alkanes) is 13. The first-order valence-electron chi connectivity index (χ1n) is 32.7. The number of aliphatic hydroxyl groups is 2. The first-order chi connectivity index (χ1) is 43.6. The molecule has 0 fully saturated rings. The fourth-order valence-electron chi connectivity index (χ4n) is 7.78. The minimum Gasteiger partial charge on any atom is -0.466 e. The Balaban J connectivity index is 3.58. The molecule has 0 aliphatic carbocycles. The van der Waals surface area contributed by atoms with E-state index in [0.29, 0.717) is 167 Å². The summed E-state index contributed by atoms with van der Waals surface area (Å²) in [4.78, 5) is 143. The summed E-state index contributed by atoms with van der Waals surface area (Å²) >= 11 is 0. The van der Waals surface area contributed by atoms with Crippen molar-refractivity contribution in [2.75, 3.05) is 92.5 Å². The number of carbonyl (C=O) groups is 12. The summed E-state index contributed by atoms with van der Waals surface area (Å²) in [5.74, 6) is -4.44. The van der Waals surface area contributed by atoms with Crippen molar-refractivity contribution in [3.63, 3.8) is 0 Å². The van der Waals surface area contributed by atoms with Crippen molar-refractivity contribution in [2.24, 2.45) is 0 Å². The van der Waals surface area contributed by atoms with E-state index in [0.717, 1.165) is 0 Å². The molecule has 0 spiro atoms. The lowest BCUT2D eigenvalue weighted by Crippen LogP contribution is -2.10. The molecule has 0 rings (SSSR count). The molecule has 0 heterocycles. The maximum absolute atomic E-state index is 12.1. The second-order valence-electron chi connectivity index (χ2n) is 21.3. The molecule has 0 aromatic heterocycles. The molecule has 0 saturated carbocycles. The molecule has 0 aliphatic rings. The lowest BCUT2D eigenvalue weighted by molar-refractivity contribution is -0.147. The minimum absolute atomic E-state index is 0.0582. The second kappa shape index (κ2) is 62.7. The Bertz CT molecular complexity index is 1820. The van der Waals surface area contributed by atoms with Gasteiger partial charge in [0.25, 0.3) is 0 Å². The smallest absolute Gasteiger partial charge is 0.305 e. The zero-order valence-electron chi connectivity index (χ0n) is 53.5. The van der Waals surface area contributed by atoms with Crippen LogP contribution in [-0.4, -0.2) is 174 Å². The fraction of sp³-hybridized carbons (Fsp3) is 0.812. The Hall–Kier alpha value is -6.44. The SMILES string of the molecule is O=C(CCCCC(=O)OCCCCOC(=O)CCCCC(=O)OCCCCOC(=O)CCCCC(=O)OCCCCOC(=O)CCCCC(=O)OCCCCOC(=O)CCCCC(=O)OCCCCOC(=O)CCCCC(=O)OCCCCO)OCCCCO. The molecule has 0 bridgehead atoms. The average molecular weight is 1290 g/mol. The van der Waals surface area contributed by atoms with E-state index in [2.05, 4.69) is 0 Å². The van der Waals surface area contributed by atoms with E-state index in [1.165, 1.54) is 0 Å². The van der Waals surface area contributed by atoms with E-state index in [1.807, 2.05) is 0 Å². The third-order valence-electron chi connectivity index (χ3n) is 13.0. The molecule has 0 unspecified atom stereocenters. The quantitative estimate of drug-likeness (QED) is 0.0328. The summed E-state index contributed by atoms with van der Waals surface area (Å²) < 4.78 is 62.0. The van der Waals surface area contributed by atoms with Gasteiger partial charge >= 0.3 is 71.6 Å². The second-order valence-corrected chi connectivity index (χ2v) is 21.3. The van der Waals surface area contributed by atoms with Crippen LogP contribution < -0.4 is 0 Å². The average Bonchev–Trinajstić information content (AvgIpc) is 3.53. The van der Waals surface area contributed by atoms with Crippen LogP contribution in [0.3, 0.4) is 0 Å². The molecule has 0 saturated heterocycles. The molecule has 2 N–H and O–H groups in total. The van der Waals surface area contributed by atoms with Gasteiger partial charge in [-0.25, -0.2) is 0 Å². The van der Waals surface area contributed by atoms with Crippen LogP contribution in [0.4, 0.5) is 0 Å². The van der Waals surface area contributed by atoms with Crippen molar-refractivity contribution in [3.8, 4) is 0 Å². The van der Waals surface area contributed by atoms with E-state index < -0.39 is 11.9 Å². The van der Waals surface area contributed by atoms with Gasteiger partial charge in [0.2, 0.25) is 0 Å². The number of rotatable bonds is 63. The van der Waals surface area contributed by atoms with Gasteiger partial charge < -0.3 is 67.1 Å². The summed E-state index contributed by atoms with van der Waals surface area (Å²) in [5, 5.41) is 17.4. The highest BCUT2D eigenvalue weighted by Gasteiger charge is 2.13. The summed E-state index contributed by atoms with van der Waals surface area (Å²) in [5.41, 5.74) is 0. The summed E-state index contributed by atoms with van der Waals surface area (Å²) in [7, 11) is 0. The third kappa shape index (κ3) is 61.8. The van der Waals surface area contributed by atoms with E-state index in [-0.39, 0.29) is 229 Å². The molecular weight excluding hydrogens is 1180 g/mol. The monoisotopic (exact) mass is 1290 g/mol. The fourth-order valence-corrected chi connectivity index (χ4v) is 7.78. The molecule has 26 heteroatoms. The van der Waals surface area contributed by atoms with Crippen LogP contribution in [0.2, 0.25) is 0 Å². The Morgan fingerprint density at radius 2 is 0.233 bits per heavy atom. The summed E-state index contributed by atoms with van der Waals surface area (Å²) in [6, 6.07) is 0. The molecular formula is C64H106O26. The normalized spacial score (nSPS) is 10.7. The molecule has 518 valence electrons. The van der Waals surface area contributed by atoms with Crippen molar-refractivity contribution in [1.82, 2.24) is 0 Å². The van der Waals surface area contributed by atoms with Crippen LogP contribution in [0.1, 0.15) is 244 Å². The molecule has 0 amide bonds. The Kier molecular flexibility index (Phi) is 58.3. The van der Waals surface area contributed by atoms with Gasteiger partial charge in [0.05, 0.1) is 79.3 Å². The van der Waals surface area contributed by atoms with Crippen LogP contribution in [0.25, 0.3) is 0 Å². The van der Waals surface area contributed by atoms with Crippen LogP contribution in [0.5, 0.6) is 0 Å². The summed E-state index contributed by atoms with van der Waals surface area (Å²) in [6.45, 7) is 2.51. The largest absolute Gasteiger partial charge is 0.466 e. The van der Waals surface area contributed by atoms with Crippen molar-refractivity contribution >= 4 is 71.6 Å². The highest BCUT2D eigenvalue weighted by atomic mass is 16.6. The van der Waals surface area contributed by atoms with Gasteiger partial charge in [0.1, 0.15) is 0 Å². The number of esters is 12. The van der Waals surface area contributed by atoms with E-state index in [9.17, 15) is 57.5 Å². The Labute approximate surface area is 531 Å². The van der Waals surface area contributed by atoms with Crippen molar-refractivity contribution < 1.29 is 125 Å². The lowest BCUT2D eigenvalue weighted by atomic mass is 10.2. The first-order valence-corrected chi connectivity index (χ1v) is 32.7. The van der Waals surface area contributed by atoms with E-state index in [4.69, 9.17) is 67.1 Å². The molecule has 0 aromatic carbocycles. The molecule has 0 radical (unpaired) electrons. The van der Waals surface area contributed by atoms with Gasteiger partial charge in [-0.05, 0) is 167 Å². The van der Waals surface area contributed by atoms with Gasteiger partial charge in [-0.15, -0.1) is 0 Å². The van der Waals surface area contributed by atoms with Crippen LogP contribution in [0, 0.1) is 0 Å². The number of hydrogen-bond donors (Lipinski definition) is 2. The maximum atomic E-state index is 12.1. The van der Waals surface area contributed by atoms with Crippen LogP contribution >= 0.6 is 0 Å². The van der Waals surface area contributed by atoms with Gasteiger partial charge in [0.15, 0.2) is 0 Å². The third-order valence-corrected chi connectivity index (χ3v) is 13.0. The maximum Gasteiger partial charge on any atom is 0.305 e. The van der Waals surface area contributed by atoms with Gasteiger partial charge in [0, 0.05) is 90.3 Å². The molecule has 0 aromatic rings. The predicted molar refractivity (Wildman–Crippen MR) is 321 cm³/mol. The highest BCUT2D eigenvalue weighted by Crippen LogP contribution is 2.11. The zero-order chi connectivity index (χ0) is 66.2. The van der Waals surface area contributed by atoms with Gasteiger partial charge in [-0.3, -0.25) is 57.5 Å². The molecule has 26 nitrogen and oxygen atoms in total. The Morgan fingerprint density at radius 1 is 0.144 bits per heavy atom. The summed E-state index contributed by atoms with van der Waals surface area (Å²) in [6.07, 6.45) is 15.3. The number of ether oxygens (including phenoxy) is 12. The Morgan fingerprint density at radius 3 is 0.322 bits per heavy atom. The molecule has 0 aliphatic heterocycles. The molecule has 0 atom stereocenters.